The lowest BCUT2D eigenvalue weighted by Crippen LogP contribution is -2.24. The number of hydrogen-bond donors (Lipinski definition) is 0. The summed E-state index contributed by atoms with van der Waals surface area (Å²) in [5.41, 5.74) is -0.287. The van der Waals surface area contributed by atoms with E-state index in [2.05, 4.69) is 18.8 Å². The lowest BCUT2D eigenvalue weighted by molar-refractivity contribution is 0.115. The van der Waals surface area contributed by atoms with Gasteiger partial charge in [-0.3, -0.25) is 9.36 Å². The Morgan fingerprint density at radius 3 is 2.78 bits per heavy atom. The van der Waals surface area contributed by atoms with Gasteiger partial charge < -0.3 is 9.47 Å². The minimum Gasteiger partial charge on any atom is -0.489 e. The van der Waals surface area contributed by atoms with Gasteiger partial charge in [0.25, 0.3) is 5.56 Å². The van der Waals surface area contributed by atoms with E-state index in [1.807, 2.05) is 0 Å². The van der Waals surface area contributed by atoms with Gasteiger partial charge in [0, 0.05) is 6.61 Å². The highest BCUT2D eigenvalue weighted by Crippen LogP contribution is 2.14. The van der Waals surface area contributed by atoms with Crippen molar-refractivity contribution in [1.82, 2.24) is 9.55 Å². The third-order valence-electron chi connectivity index (χ3n) is 2.47. The van der Waals surface area contributed by atoms with E-state index in [1.54, 1.807) is 0 Å². The van der Waals surface area contributed by atoms with Crippen LogP contribution in [-0.4, -0.2) is 29.9 Å². The Kier molecular flexibility index (Phi) is 6.15. The molecule has 0 radical (unpaired) electrons. The Hall–Kier alpha value is -1.07. The lowest BCUT2D eigenvalue weighted by Gasteiger charge is -2.09. The molecule has 0 unspecified atom stereocenters. The molecule has 0 aliphatic heterocycles. The van der Waals surface area contributed by atoms with Crippen LogP contribution in [0.1, 0.15) is 20.3 Å². The van der Waals surface area contributed by atoms with Gasteiger partial charge in [-0.2, -0.15) is 0 Å². The van der Waals surface area contributed by atoms with Crippen LogP contribution < -0.4 is 10.3 Å². The topological polar surface area (TPSA) is 53.4 Å². The predicted octanol–water partition coefficient (Wildman–Crippen LogP) is 1.97. The maximum Gasteiger partial charge on any atom is 0.297 e. The second kappa shape index (κ2) is 7.38. The standard InChI is InChI=1S/C12H19ClN2O3/c1-9(2)4-6-18-7-5-15-8-14-11(13)10(17-3)12(15)16/h8-9H,4-7H2,1-3H3. The quantitative estimate of drug-likeness (QED) is 0.563. The number of nitrogens with zero attached hydrogens (tertiary/aromatic N) is 2. The Morgan fingerprint density at radius 2 is 2.17 bits per heavy atom. The first-order chi connectivity index (χ1) is 8.56. The van der Waals surface area contributed by atoms with Gasteiger partial charge in [-0.1, -0.05) is 25.4 Å². The molecule has 6 heteroatoms. The zero-order valence-electron chi connectivity index (χ0n) is 11.0. The molecule has 1 rings (SSSR count). The molecule has 0 spiro atoms. The van der Waals surface area contributed by atoms with Crippen molar-refractivity contribution >= 4 is 11.6 Å². The molecule has 5 nitrogen and oxygen atoms in total. The number of methoxy groups -OCH3 is 1. The summed E-state index contributed by atoms with van der Waals surface area (Å²) in [7, 11) is 1.40. The van der Waals surface area contributed by atoms with Crippen LogP contribution in [-0.2, 0) is 11.3 Å². The third-order valence-corrected chi connectivity index (χ3v) is 2.74. The van der Waals surface area contributed by atoms with Crippen molar-refractivity contribution in [2.75, 3.05) is 20.3 Å². The summed E-state index contributed by atoms with van der Waals surface area (Å²) in [5.74, 6) is 0.686. The maximum absolute atomic E-state index is 11.9. The van der Waals surface area contributed by atoms with E-state index in [9.17, 15) is 4.79 Å². The van der Waals surface area contributed by atoms with Crippen LogP contribution in [0.15, 0.2) is 11.1 Å². The SMILES string of the molecule is COc1c(Cl)ncn(CCOCCC(C)C)c1=O. The van der Waals surface area contributed by atoms with Crippen molar-refractivity contribution < 1.29 is 9.47 Å². The lowest BCUT2D eigenvalue weighted by atomic mass is 10.1. The molecular formula is C12H19ClN2O3. The average molecular weight is 275 g/mol. The molecule has 0 N–H and O–H groups in total. The predicted molar refractivity (Wildman–Crippen MR) is 70.3 cm³/mol. The van der Waals surface area contributed by atoms with Gasteiger partial charge in [0.2, 0.25) is 5.75 Å². The van der Waals surface area contributed by atoms with Crippen molar-refractivity contribution in [3.05, 3.63) is 21.8 Å². The molecule has 0 bridgehead atoms. The van der Waals surface area contributed by atoms with Crippen molar-refractivity contribution in [2.24, 2.45) is 5.92 Å². The fourth-order valence-electron chi connectivity index (χ4n) is 1.36. The maximum atomic E-state index is 11.9. The largest absolute Gasteiger partial charge is 0.489 e. The van der Waals surface area contributed by atoms with Crippen LogP contribution in [0.5, 0.6) is 5.75 Å². The van der Waals surface area contributed by atoms with Crippen molar-refractivity contribution in [1.29, 1.82) is 0 Å². The van der Waals surface area contributed by atoms with Gasteiger partial charge >= 0.3 is 0 Å². The molecule has 0 aromatic carbocycles. The van der Waals surface area contributed by atoms with Crippen LogP contribution >= 0.6 is 11.6 Å². The van der Waals surface area contributed by atoms with E-state index >= 15 is 0 Å². The van der Waals surface area contributed by atoms with Gasteiger partial charge in [0.15, 0.2) is 5.15 Å². The molecule has 102 valence electrons. The van der Waals surface area contributed by atoms with Crippen LogP contribution in [0, 0.1) is 5.92 Å². The van der Waals surface area contributed by atoms with Gasteiger partial charge in [-0.15, -0.1) is 0 Å². The second-order valence-electron chi connectivity index (χ2n) is 4.36. The summed E-state index contributed by atoms with van der Waals surface area (Å²) in [6.45, 7) is 5.89. The van der Waals surface area contributed by atoms with Gasteiger partial charge in [-0.05, 0) is 12.3 Å². The van der Waals surface area contributed by atoms with Crippen LogP contribution in [0.4, 0.5) is 0 Å². The number of hydrogen-bond acceptors (Lipinski definition) is 4. The van der Waals surface area contributed by atoms with Crippen LogP contribution in [0.25, 0.3) is 0 Å². The van der Waals surface area contributed by atoms with Gasteiger partial charge in [0.1, 0.15) is 0 Å². The number of ether oxygens (including phenoxy) is 2. The van der Waals surface area contributed by atoms with Crippen molar-refractivity contribution in [3.8, 4) is 5.75 Å². The highest BCUT2D eigenvalue weighted by molar-refractivity contribution is 6.30. The zero-order valence-corrected chi connectivity index (χ0v) is 11.7. The van der Waals surface area contributed by atoms with E-state index in [1.165, 1.54) is 18.0 Å². The van der Waals surface area contributed by atoms with E-state index in [4.69, 9.17) is 21.1 Å². The van der Waals surface area contributed by atoms with Crippen molar-refractivity contribution in [2.45, 2.75) is 26.8 Å². The Bertz CT molecular complexity index is 432. The molecular weight excluding hydrogens is 256 g/mol. The highest BCUT2D eigenvalue weighted by Gasteiger charge is 2.09. The number of halogens is 1. The van der Waals surface area contributed by atoms with E-state index < -0.39 is 0 Å². The molecule has 0 fully saturated rings. The molecule has 0 aliphatic carbocycles. The molecule has 0 aliphatic rings. The first kappa shape index (κ1) is 15.0. The fourth-order valence-corrected chi connectivity index (χ4v) is 1.57. The molecule has 1 heterocycles. The minimum atomic E-state index is -0.287. The summed E-state index contributed by atoms with van der Waals surface area (Å²) in [5, 5.41) is 0.0828. The van der Waals surface area contributed by atoms with E-state index in [0.717, 1.165) is 6.42 Å². The molecule has 0 saturated carbocycles. The monoisotopic (exact) mass is 274 g/mol. The highest BCUT2D eigenvalue weighted by atomic mass is 35.5. The Labute approximate surface area is 112 Å². The first-order valence-electron chi connectivity index (χ1n) is 5.93. The normalized spacial score (nSPS) is 10.9. The Balaban J connectivity index is 2.51. The molecule has 0 atom stereocenters. The third kappa shape index (κ3) is 4.31. The summed E-state index contributed by atoms with van der Waals surface area (Å²) in [6.07, 6.45) is 2.41. The number of rotatable bonds is 7. The zero-order chi connectivity index (χ0) is 13.5. The minimum absolute atomic E-state index is 0.0707. The summed E-state index contributed by atoms with van der Waals surface area (Å²) >= 11 is 5.74. The van der Waals surface area contributed by atoms with Gasteiger partial charge in [0.05, 0.1) is 26.6 Å². The summed E-state index contributed by atoms with van der Waals surface area (Å²) in [4.78, 5) is 15.7. The molecule has 0 amide bonds. The number of aromatic nitrogens is 2. The van der Waals surface area contributed by atoms with E-state index in [-0.39, 0.29) is 16.5 Å². The first-order valence-corrected chi connectivity index (χ1v) is 6.30. The second-order valence-corrected chi connectivity index (χ2v) is 4.72. The Morgan fingerprint density at radius 1 is 1.44 bits per heavy atom. The molecule has 1 aromatic rings. The fraction of sp³-hybridized carbons (Fsp3) is 0.667. The van der Waals surface area contributed by atoms with Crippen LogP contribution in [0.2, 0.25) is 5.15 Å². The summed E-state index contributed by atoms with van der Waals surface area (Å²) in [6, 6.07) is 0. The summed E-state index contributed by atoms with van der Waals surface area (Å²) < 4.78 is 11.8. The smallest absolute Gasteiger partial charge is 0.297 e. The molecule has 1 aromatic heterocycles. The van der Waals surface area contributed by atoms with Crippen molar-refractivity contribution in [3.63, 3.8) is 0 Å². The molecule has 0 saturated heterocycles. The van der Waals surface area contributed by atoms with E-state index in [0.29, 0.717) is 25.7 Å². The molecule has 18 heavy (non-hydrogen) atoms. The van der Waals surface area contributed by atoms with Crippen LogP contribution in [0.3, 0.4) is 0 Å². The average Bonchev–Trinajstić information content (AvgIpc) is 2.31. The van der Waals surface area contributed by atoms with Gasteiger partial charge in [-0.25, -0.2) is 4.98 Å².